The normalized spacial score (nSPS) is 13.3. The van der Waals surface area contributed by atoms with Crippen LogP contribution in [-0.4, -0.2) is 89.6 Å². The molecule has 0 bridgehead atoms. The van der Waals surface area contributed by atoms with E-state index in [0.717, 1.165) is 64.7 Å². The monoisotopic (exact) mass is 1440 g/mol. The molecule has 0 amide bonds. The maximum absolute atomic E-state index is 15.4. The lowest BCUT2D eigenvalue weighted by Gasteiger charge is -2.42. The Morgan fingerprint density at radius 1 is 0.458 bits per heavy atom. The minimum absolute atomic E-state index is 0.0417. The molecule has 96 heavy (non-hydrogen) atoms. The summed E-state index contributed by atoms with van der Waals surface area (Å²) in [5.41, 5.74) is 2.71. The van der Waals surface area contributed by atoms with E-state index in [-0.39, 0.29) is 35.8 Å². The molecular formula is C65H50F17N3O7S4. The van der Waals surface area contributed by atoms with Gasteiger partial charge in [0.15, 0.2) is 6.61 Å². The van der Waals surface area contributed by atoms with Gasteiger partial charge in [-0.05, 0) is 102 Å². The Morgan fingerprint density at radius 3 is 1.16 bits per heavy atom. The zero-order chi connectivity index (χ0) is 70.6. The number of aliphatic carboxylic acids is 2. The van der Waals surface area contributed by atoms with Crippen LogP contribution in [0, 0.1) is 22.7 Å². The highest BCUT2D eigenvalue weighted by molar-refractivity contribution is 7.30. The smallest absolute Gasteiger partial charge is 0.460 e. The van der Waals surface area contributed by atoms with E-state index >= 15 is 17.6 Å². The first-order valence-corrected chi connectivity index (χ1v) is 31.9. The average molecular weight is 1440 g/mol. The van der Waals surface area contributed by atoms with Crippen molar-refractivity contribution in [2.24, 2.45) is 0 Å². The van der Waals surface area contributed by atoms with Gasteiger partial charge in [-0.2, -0.15) is 85.2 Å². The molecule has 4 aromatic heterocycles. The zero-order valence-electron chi connectivity index (χ0n) is 49.7. The maximum atomic E-state index is 15.4. The van der Waals surface area contributed by atoms with Gasteiger partial charge in [-0.15, -0.1) is 45.3 Å². The molecule has 0 spiro atoms. The number of halogens is 17. The van der Waals surface area contributed by atoms with Crippen molar-refractivity contribution in [3.05, 3.63) is 130 Å². The number of hydrogen-bond donors (Lipinski definition) is 2. The van der Waals surface area contributed by atoms with Gasteiger partial charge in [-0.1, -0.05) is 88.8 Å². The summed E-state index contributed by atoms with van der Waals surface area (Å²) in [5.74, 6) is -62.2. The number of nitrogens with zero attached hydrogens (tertiary/aromatic N) is 3. The molecule has 0 saturated carbocycles. The number of alkyl halides is 17. The van der Waals surface area contributed by atoms with Gasteiger partial charge in [0, 0.05) is 67.5 Å². The lowest BCUT2D eigenvalue weighted by molar-refractivity contribution is -0.462. The summed E-state index contributed by atoms with van der Waals surface area (Å²) in [4.78, 5) is 27.7. The molecule has 8 rings (SSSR count). The van der Waals surface area contributed by atoms with Crippen molar-refractivity contribution in [1.82, 2.24) is 0 Å². The summed E-state index contributed by atoms with van der Waals surface area (Å²) < 4.78 is 262. The number of ether oxygens (including phenoxy) is 3. The molecule has 0 aliphatic carbocycles. The van der Waals surface area contributed by atoms with Gasteiger partial charge in [-0.25, -0.2) is 9.59 Å². The molecule has 0 fully saturated rings. The molecule has 510 valence electrons. The Balaban J connectivity index is 1.17. The number of carboxylic acid groups (broad SMARTS) is 2. The quantitative estimate of drug-likeness (QED) is 0.0186. The van der Waals surface area contributed by atoms with Crippen LogP contribution in [0.2, 0.25) is 0 Å². The van der Waals surface area contributed by atoms with Crippen LogP contribution in [-0.2, 0) is 9.59 Å². The number of thiophene rings is 4. The van der Waals surface area contributed by atoms with Crippen molar-refractivity contribution >= 4 is 105 Å². The van der Waals surface area contributed by atoms with Gasteiger partial charge in [0.2, 0.25) is 0 Å². The highest BCUT2D eigenvalue weighted by Gasteiger charge is 2.95. The van der Waals surface area contributed by atoms with Gasteiger partial charge in [-0.3, -0.25) is 0 Å². The molecule has 0 radical (unpaired) electrons. The average Bonchev–Trinajstić information content (AvgIpc) is 0.840. The van der Waals surface area contributed by atoms with Crippen molar-refractivity contribution in [3.8, 4) is 61.4 Å². The molecular weight excluding hydrogens is 1390 g/mol. The summed E-state index contributed by atoms with van der Waals surface area (Å²) in [6.45, 7) is 0.289. The lowest BCUT2D eigenvalue weighted by Crippen LogP contribution is -2.74. The van der Waals surface area contributed by atoms with E-state index in [1.807, 2.05) is 79.4 Å². The Bertz CT molecular complexity index is 4000. The third-order valence-electron chi connectivity index (χ3n) is 14.7. The third-order valence-corrected chi connectivity index (χ3v) is 19.3. The SMILES string of the molecule is CCCCCCOc1cc(OCC(F)(F)C(F)(F)C(F)(F)C(F)(F)C(F)(F)C(F)(F)C(F)(F)C(F)(F)F)cc(OCCCCCC)c1-c1ccc(N(c2ccc(-c3cc4sc(/C=C(\C#N)C(=O)O)cc4s3)cc2)c2ccc(-c3cc4sc(/C=C(\C#N)C(=O)O)cc4s3)cc2)cc1. The second kappa shape index (κ2) is 28.7. The molecule has 10 nitrogen and oxygen atoms in total. The minimum atomic E-state index is -8.79. The van der Waals surface area contributed by atoms with Crippen LogP contribution >= 0.6 is 45.3 Å². The van der Waals surface area contributed by atoms with Gasteiger partial charge >= 0.3 is 59.6 Å². The predicted octanol–water partition coefficient (Wildman–Crippen LogP) is 22.0. The topological polar surface area (TPSA) is 153 Å². The van der Waals surface area contributed by atoms with Gasteiger partial charge in [0.1, 0.15) is 40.5 Å². The summed E-state index contributed by atoms with van der Waals surface area (Å²) in [6.07, 6.45) is -0.692. The summed E-state index contributed by atoms with van der Waals surface area (Å²) in [6, 6.07) is 33.5. The second-order valence-electron chi connectivity index (χ2n) is 21.5. The number of hydrogen-bond acceptors (Lipinski definition) is 12. The first kappa shape index (κ1) is 73.4. The predicted molar refractivity (Wildman–Crippen MR) is 332 cm³/mol. The van der Waals surface area contributed by atoms with Crippen LogP contribution in [0.15, 0.2) is 120 Å². The molecule has 4 heterocycles. The number of nitriles is 2. The van der Waals surface area contributed by atoms with Gasteiger partial charge < -0.3 is 29.3 Å². The Morgan fingerprint density at radius 2 is 0.812 bits per heavy atom. The lowest BCUT2D eigenvalue weighted by atomic mass is 9.89. The highest BCUT2D eigenvalue weighted by atomic mass is 32.1. The van der Waals surface area contributed by atoms with Crippen LogP contribution in [0.25, 0.3) is 63.0 Å². The molecule has 0 atom stereocenters. The summed E-state index contributed by atoms with van der Waals surface area (Å²) >= 11 is 5.42. The second-order valence-corrected chi connectivity index (χ2v) is 25.9. The molecule has 0 saturated heterocycles. The Hall–Kier alpha value is -8.39. The standard InChI is InChI=1S/C65H50F17N3O7S4/c1-3-5-7-9-23-90-47-27-44(92-35-58(66,67)59(68,69)60(70,71)61(72,73)62(74,75)63(76,77)64(78,79)65(80,81)82)28-48(91-24-10-8-6-4-2)55(47)38-15-21-43(22-16-38)85(41-17-11-36(12-18-41)49-31-53-51(95-49)29-45(93-53)25-39(33-83)56(86)87)42-19-13-37(14-20-42)50-32-54-52(96-50)30-46(94-54)26-40(34-84)57(88)89/h11-22,25-32H,3-10,23-24,35H2,1-2H3,(H,86,87)(H,88,89)/b39-25+,40-26+. The molecule has 0 aliphatic rings. The van der Waals surface area contributed by atoms with Crippen LogP contribution in [0.1, 0.15) is 75.0 Å². The van der Waals surface area contributed by atoms with Gasteiger partial charge in [0.25, 0.3) is 0 Å². The maximum Gasteiger partial charge on any atom is 0.460 e. The molecule has 31 heteroatoms. The summed E-state index contributed by atoms with van der Waals surface area (Å²) in [5, 5.41) is 37.3. The third kappa shape index (κ3) is 14.6. The largest absolute Gasteiger partial charge is 0.493 e. The molecule has 0 unspecified atom stereocenters. The van der Waals surface area contributed by atoms with E-state index in [9.17, 15) is 87.4 Å². The van der Waals surface area contributed by atoms with Crippen molar-refractivity contribution in [2.45, 2.75) is 113 Å². The molecule has 2 N–H and O–H groups in total. The van der Waals surface area contributed by atoms with Gasteiger partial charge in [0.05, 0.1) is 18.8 Å². The molecule has 0 aliphatic heterocycles. The number of rotatable bonds is 31. The van der Waals surface area contributed by atoms with Crippen molar-refractivity contribution in [2.75, 3.05) is 24.7 Å². The van der Waals surface area contributed by atoms with Crippen LogP contribution in [0.3, 0.4) is 0 Å². The fraction of sp³-hybridized carbons (Fsp3) is 0.323. The molecule has 8 aromatic rings. The number of carboxylic acids is 2. The number of unbranched alkanes of at least 4 members (excludes halogenated alkanes) is 6. The van der Waals surface area contributed by atoms with E-state index in [4.69, 9.17) is 14.2 Å². The fourth-order valence-electron chi connectivity index (χ4n) is 9.52. The first-order chi connectivity index (χ1) is 45.0. The van der Waals surface area contributed by atoms with E-state index in [0.29, 0.717) is 65.3 Å². The van der Waals surface area contributed by atoms with Crippen LogP contribution in [0.4, 0.5) is 91.7 Å². The number of fused-ring (bicyclic) bond motifs is 2. The van der Waals surface area contributed by atoms with E-state index in [1.54, 1.807) is 48.5 Å². The zero-order valence-corrected chi connectivity index (χ0v) is 52.9. The minimum Gasteiger partial charge on any atom is -0.493 e. The van der Waals surface area contributed by atoms with Crippen LogP contribution in [0.5, 0.6) is 17.2 Å². The number of carbonyl (C=O) groups is 2. The Kier molecular flexibility index (Phi) is 22.0. The summed E-state index contributed by atoms with van der Waals surface area (Å²) in [7, 11) is 0. The van der Waals surface area contributed by atoms with E-state index in [2.05, 4.69) is 0 Å². The van der Waals surface area contributed by atoms with Crippen molar-refractivity contribution in [3.63, 3.8) is 0 Å². The fourth-order valence-corrected chi connectivity index (χ4v) is 14.2. The Labute approximate surface area is 550 Å². The number of benzene rings is 4. The van der Waals surface area contributed by atoms with E-state index in [1.165, 1.54) is 57.5 Å². The van der Waals surface area contributed by atoms with Crippen LogP contribution < -0.4 is 19.1 Å². The van der Waals surface area contributed by atoms with Crippen molar-refractivity contribution < 1.29 is 109 Å². The molecule has 4 aromatic carbocycles. The van der Waals surface area contributed by atoms with Crippen molar-refractivity contribution in [1.29, 1.82) is 10.5 Å². The van der Waals surface area contributed by atoms with E-state index < -0.39 is 83.1 Å². The highest BCUT2D eigenvalue weighted by Crippen LogP contribution is 2.64. The first-order valence-electron chi connectivity index (χ1n) is 28.6. The number of anilines is 3.